The molecule has 0 heterocycles. The van der Waals surface area contributed by atoms with Gasteiger partial charge in [-0.15, -0.1) is 0 Å². The Morgan fingerprint density at radius 3 is 2.30 bits per heavy atom. The fraction of sp³-hybridized carbons (Fsp3) is 0.250. The number of aryl methyl sites for hydroxylation is 2. The molecule has 0 aromatic heterocycles. The second kappa shape index (κ2) is 6.95. The molecular formula is C16H17F2NO3S. The Kier molecular flexibility index (Phi) is 5.20. The molecule has 2 aromatic carbocycles. The zero-order valence-electron chi connectivity index (χ0n) is 12.7. The molecular weight excluding hydrogens is 324 g/mol. The average Bonchev–Trinajstić information content (AvgIpc) is 2.49. The van der Waals surface area contributed by atoms with E-state index < -0.39 is 16.6 Å². The second-order valence-corrected chi connectivity index (χ2v) is 6.64. The number of hydrogen-bond donors (Lipinski definition) is 1. The molecule has 2 aromatic rings. The van der Waals surface area contributed by atoms with Gasteiger partial charge >= 0.3 is 6.61 Å². The van der Waals surface area contributed by atoms with Crippen LogP contribution in [0.25, 0.3) is 0 Å². The van der Waals surface area contributed by atoms with E-state index in [2.05, 4.69) is 9.46 Å². The van der Waals surface area contributed by atoms with Crippen molar-refractivity contribution in [1.82, 2.24) is 0 Å². The number of nitrogens with one attached hydrogen (secondary N) is 1. The van der Waals surface area contributed by atoms with Crippen molar-refractivity contribution in [3.63, 3.8) is 0 Å². The molecule has 0 aliphatic rings. The smallest absolute Gasteiger partial charge is 0.387 e. The van der Waals surface area contributed by atoms with Crippen molar-refractivity contribution >= 4 is 15.7 Å². The molecule has 4 nitrogen and oxygen atoms in total. The van der Waals surface area contributed by atoms with E-state index in [0.717, 1.165) is 12.0 Å². The molecule has 124 valence electrons. The summed E-state index contributed by atoms with van der Waals surface area (Å²) in [6.07, 6.45) is 0.818. The van der Waals surface area contributed by atoms with Crippen molar-refractivity contribution in [2.75, 3.05) is 4.72 Å². The zero-order chi connectivity index (χ0) is 17.0. The molecule has 0 aliphatic carbocycles. The van der Waals surface area contributed by atoms with Gasteiger partial charge in [0.2, 0.25) is 0 Å². The number of hydrogen-bond acceptors (Lipinski definition) is 3. The minimum absolute atomic E-state index is 0.0206. The van der Waals surface area contributed by atoms with Gasteiger partial charge in [-0.05, 0) is 54.8 Å². The van der Waals surface area contributed by atoms with E-state index in [0.29, 0.717) is 11.3 Å². The van der Waals surface area contributed by atoms with Crippen LogP contribution in [-0.4, -0.2) is 15.0 Å². The molecule has 0 aliphatic heterocycles. The lowest BCUT2D eigenvalue weighted by Crippen LogP contribution is -2.14. The summed E-state index contributed by atoms with van der Waals surface area (Å²) in [5.74, 6) is -0.0206. The first-order valence-electron chi connectivity index (χ1n) is 6.99. The Morgan fingerprint density at radius 1 is 1.13 bits per heavy atom. The first-order chi connectivity index (χ1) is 10.8. The summed E-state index contributed by atoms with van der Waals surface area (Å²) < 4.78 is 55.8. The van der Waals surface area contributed by atoms with Crippen LogP contribution in [0.5, 0.6) is 5.75 Å². The highest BCUT2D eigenvalue weighted by atomic mass is 32.2. The van der Waals surface area contributed by atoms with Crippen molar-refractivity contribution in [3.8, 4) is 5.75 Å². The summed E-state index contributed by atoms with van der Waals surface area (Å²) >= 11 is 0. The van der Waals surface area contributed by atoms with E-state index in [9.17, 15) is 17.2 Å². The molecule has 0 saturated heterocycles. The largest absolute Gasteiger partial charge is 0.435 e. The Hall–Kier alpha value is -2.15. The van der Waals surface area contributed by atoms with Crippen LogP contribution in [0.1, 0.15) is 18.1 Å². The van der Waals surface area contributed by atoms with E-state index >= 15 is 0 Å². The topological polar surface area (TPSA) is 55.4 Å². The molecule has 23 heavy (non-hydrogen) atoms. The van der Waals surface area contributed by atoms with Gasteiger partial charge in [0.05, 0.1) is 10.6 Å². The monoisotopic (exact) mass is 341 g/mol. The predicted molar refractivity (Wildman–Crippen MR) is 84.4 cm³/mol. The van der Waals surface area contributed by atoms with Gasteiger partial charge in [0.15, 0.2) is 0 Å². The lowest BCUT2D eigenvalue weighted by molar-refractivity contribution is -0.0498. The molecule has 0 unspecified atom stereocenters. The quantitative estimate of drug-likeness (QED) is 0.865. The van der Waals surface area contributed by atoms with Crippen molar-refractivity contribution < 1.29 is 21.9 Å². The van der Waals surface area contributed by atoms with Gasteiger partial charge in [0.25, 0.3) is 10.0 Å². The highest BCUT2D eigenvalue weighted by Gasteiger charge is 2.16. The lowest BCUT2D eigenvalue weighted by Gasteiger charge is -2.12. The van der Waals surface area contributed by atoms with E-state index in [1.807, 2.05) is 6.92 Å². The Balaban J connectivity index is 2.22. The predicted octanol–water partition coefficient (Wildman–Crippen LogP) is 3.96. The highest BCUT2D eigenvalue weighted by Crippen LogP contribution is 2.25. The van der Waals surface area contributed by atoms with E-state index in [-0.39, 0.29) is 10.6 Å². The fourth-order valence-electron chi connectivity index (χ4n) is 2.03. The van der Waals surface area contributed by atoms with E-state index in [1.54, 1.807) is 19.1 Å². The van der Waals surface area contributed by atoms with Crippen molar-refractivity contribution in [3.05, 3.63) is 53.6 Å². The van der Waals surface area contributed by atoms with Gasteiger partial charge in [-0.25, -0.2) is 8.42 Å². The molecule has 0 radical (unpaired) electrons. The van der Waals surface area contributed by atoms with Gasteiger partial charge < -0.3 is 4.74 Å². The highest BCUT2D eigenvalue weighted by molar-refractivity contribution is 7.92. The molecule has 0 spiro atoms. The Morgan fingerprint density at radius 2 is 1.78 bits per heavy atom. The summed E-state index contributed by atoms with van der Waals surface area (Å²) in [7, 11) is -3.74. The number of halogens is 2. The van der Waals surface area contributed by atoms with E-state index in [1.165, 1.54) is 30.3 Å². The van der Waals surface area contributed by atoms with Crippen LogP contribution >= 0.6 is 0 Å². The molecule has 0 amide bonds. The van der Waals surface area contributed by atoms with Crippen LogP contribution in [0.15, 0.2) is 47.4 Å². The van der Waals surface area contributed by atoms with Crippen molar-refractivity contribution in [1.29, 1.82) is 0 Å². The van der Waals surface area contributed by atoms with Gasteiger partial charge in [0.1, 0.15) is 5.75 Å². The molecule has 0 atom stereocenters. The Labute approximate surface area is 134 Å². The number of ether oxygens (including phenoxy) is 1. The minimum Gasteiger partial charge on any atom is -0.435 e. The molecule has 7 heteroatoms. The number of anilines is 1. The maximum atomic E-state index is 12.4. The van der Waals surface area contributed by atoms with E-state index in [4.69, 9.17) is 0 Å². The van der Waals surface area contributed by atoms with Gasteiger partial charge in [-0.1, -0.05) is 19.1 Å². The number of alkyl halides is 2. The van der Waals surface area contributed by atoms with Crippen LogP contribution in [0.4, 0.5) is 14.5 Å². The van der Waals surface area contributed by atoms with Gasteiger partial charge in [-0.2, -0.15) is 8.78 Å². The minimum atomic E-state index is -3.74. The third-order valence-corrected chi connectivity index (χ3v) is 4.69. The SMILES string of the molecule is CCc1ccc(S(=O)(=O)Nc2ccc(OC(F)F)cc2C)cc1. The van der Waals surface area contributed by atoms with Gasteiger partial charge in [-0.3, -0.25) is 4.72 Å². The summed E-state index contributed by atoms with van der Waals surface area (Å²) in [5.41, 5.74) is 1.83. The standard InChI is InChI=1S/C16H17F2NO3S/c1-3-12-4-7-14(8-5-12)23(20,21)19-15-9-6-13(10-11(15)2)22-16(17)18/h4-10,16,19H,3H2,1-2H3. The fourth-order valence-corrected chi connectivity index (χ4v) is 3.17. The number of rotatable bonds is 6. The van der Waals surface area contributed by atoms with Crippen LogP contribution in [0.3, 0.4) is 0 Å². The maximum Gasteiger partial charge on any atom is 0.387 e. The van der Waals surface area contributed by atoms with Gasteiger partial charge in [0, 0.05) is 0 Å². The number of benzene rings is 2. The third-order valence-electron chi connectivity index (χ3n) is 3.31. The molecule has 0 fully saturated rings. The van der Waals surface area contributed by atoms with Crippen molar-refractivity contribution in [2.45, 2.75) is 31.8 Å². The average molecular weight is 341 g/mol. The molecule has 0 saturated carbocycles. The lowest BCUT2D eigenvalue weighted by atomic mass is 10.2. The summed E-state index contributed by atoms with van der Waals surface area (Å²) in [6, 6.07) is 10.6. The summed E-state index contributed by atoms with van der Waals surface area (Å²) in [5, 5.41) is 0. The number of sulfonamides is 1. The maximum absolute atomic E-state index is 12.4. The van der Waals surface area contributed by atoms with Crippen LogP contribution in [0, 0.1) is 6.92 Å². The van der Waals surface area contributed by atoms with Crippen LogP contribution in [0.2, 0.25) is 0 Å². The second-order valence-electron chi connectivity index (χ2n) is 4.96. The van der Waals surface area contributed by atoms with Crippen LogP contribution in [-0.2, 0) is 16.4 Å². The molecule has 0 bridgehead atoms. The normalized spacial score (nSPS) is 11.5. The summed E-state index contributed by atoms with van der Waals surface area (Å²) in [6.45, 7) is 0.666. The van der Waals surface area contributed by atoms with Crippen molar-refractivity contribution in [2.24, 2.45) is 0 Å². The third kappa shape index (κ3) is 4.41. The first kappa shape index (κ1) is 17.2. The zero-order valence-corrected chi connectivity index (χ0v) is 13.5. The molecule has 2 rings (SSSR count). The summed E-state index contributed by atoms with van der Waals surface area (Å²) in [4.78, 5) is 0.141. The Bertz CT molecular complexity index is 774. The molecule has 1 N–H and O–H groups in total. The van der Waals surface area contributed by atoms with Crippen LogP contribution < -0.4 is 9.46 Å². The first-order valence-corrected chi connectivity index (χ1v) is 8.47.